The Morgan fingerprint density at radius 2 is 0.971 bits per heavy atom. The Labute approximate surface area is 415 Å². The first kappa shape index (κ1) is 64.3. The average molecular weight is 987 g/mol. The van der Waals surface area contributed by atoms with E-state index in [1.54, 1.807) is 0 Å². The first-order valence-corrected chi connectivity index (χ1v) is 29.1. The van der Waals surface area contributed by atoms with Crippen LogP contribution >= 0.6 is 0 Å². The zero-order valence-electron chi connectivity index (χ0n) is 43.2. The molecule has 400 valence electrons. The number of rotatable bonds is 49. The van der Waals surface area contributed by atoms with Crippen molar-refractivity contribution in [2.24, 2.45) is 0 Å². The van der Waals surface area contributed by atoms with Crippen LogP contribution in [0.3, 0.4) is 0 Å². The Bertz CT molecular complexity index is 1320. The molecule has 0 bridgehead atoms. The van der Waals surface area contributed by atoms with Crippen LogP contribution in [0.5, 0.6) is 0 Å². The molecule has 1 aliphatic heterocycles. The van der Waals surface area contributed by atoms with Crippen LogP contribution in [0.15, 0.2) is 36.5 Å². The summed E-state index contributed by atoms with van der Waals surface area (Å²) < 4.78 is 59.4. The van der Waals surface area contributed by atoms with Gasteiger partial charge in [0.1, 0.15) is 30.5 Å². The highest BCUT2D eigenvalue weighted by Gasteiger charge is 2.48. The Balaban J connectivity index is 2.31. The van der Waals surface area contributed by atoms with Gasteiger partial charge >= 0.3 is 16.4 Å². The topological polar surface area (TPSA) is 178 Å². The molecule has 13 heteroatoms. The second-order valence-corrected chi connectivity index (χ2v) is 20.2. The summed E-state index contributed by atoms with van der Waals surface area (Å²) in [6, 6.07) is 0. The number of allylic oxidation sites excluding steroid dienone is 6. The van der Waals surface area contributed by atoms with Crippen LogP contribution in [0.25, 0.3) is 0 Å². The van der Waals surface area contributed by atoms with Gasteiger partial charge in [0, 0.05) is 13.0 Å². The molecule has 1 fully saturated rings. The van der Waals surface area contributed by atoms with Gasteiger partial charge in [0.25, 0.3) is 0 Å². The number of ether oxygens (including phenoxy) is 4. The van der Waals surface area contributed by atoms with Gasteiger partial charge in [0.15, 0.2) is 6.29 Å². The maximum absolute atomic E-state index is 12.9. The third-order valence-electron chi connectivity index (χ3n) is 12.8. The van der Waals surface area contributed by atoms with E-state index in [1.807, 2.05) is 0 Å². The van der Waals surface area contributed by atoms with E-state index in [0.717, 1.165) is 57.8 Å². The van der Waals surface area contributed by atoms with Crippen molar-refractivity contribution in [3.05, 3.63) is 36.5 Å². The Hall–Kier alpha value is -1.68. The zero-order chi connectivity index (χ0) is 49.6. The summed E-state index contributed by atoms with van der Waals surface area (Å²) in [6.07, 6.45) is 47.5. The monoisotopic (exact) mass is 987 g/mol. The summed E-state index contributed by atoms with van der Waals surface area (Å²) in [7, 11) is -5.07. The van der Waals surface area contributed by atoms with Gasteiger partial charge in [-0.25, -0.2) is 4.18 Å². The predicted molar refractivity (Wildman–Crippen MR) is 276 cm³/mol. The molecule has 0 spiro atoms. The Morgan fingerprint density at radius 1 is 0.559 bits per heavy atom. The van der Waals surface area contributed by atoms with Crippen molar-refractivity contribution in [2.45, 2.75) is 282 Å². The fraction of sp³-hybridized carbons (Fsp3) is 0.873. The summed E-state index contributed by atoms with van der Waals surface area (Å²) in [5, 5.41) is 30.8. The summed E-state index contributed by atoms with van der Waals surface area (Å²) >= 11 is 0. The Kier molecular flexibility index (Phi) is 43.9. The number of esters is 1. The standard InChI is InChI=1S/C55H102O12S/c1-3-5-7-9-11-13-15-17-19-21-22-23-24-25-26-27-29-31-33-35-37-39-41-43-45-63-47-49(48-64-55-53(59)54(67-68(60,61)62)52(58)50(46-56)66-55)65-51(57)44-42-40-38-36-34-32-30-28-20-18-16-14-12-10-8-6-4-2/h15,17,21-22,24-25,49-50,52-56,58-59H,3-14,16,18-20,23,26-48H2,1-2H3,(H,60,61,62)/b17-15-,22-21-,25-24-. The van der Waals surface area contributed by atoms with Crippen molar-refractivity contribution in [1.29, 1.82) is 0 Å². The molecule has 12 nitrogen and oxygen atoms in total. The maximum Gasteiger partial charge on any atom is 0.397 e. The zero-order valence-corrected chi connectivity index (χ0v) is 44.0. The minimum Gasteiger partial charge on any atom is -0.457 e. The molecule has 0 aromatic rings. The van der Waals surface area contributed by atoms with Gasteiger partial charge in [-0.1, -0.05) is 224 Å². The minimum atomic E-state index is -5.07. The van der Waals surface area contributed by atoms with E-state index in [9.17, 15) is 33.1 Å². The predicted octanol–water partition coefficient (Wildman–Crippen LogP) is 13.3. The van der Waals surface area contributed by atoms with E-state index in [2.05, 4.69) is 54.5 Å². The van der Waals surface area contributed by atoms with Crippen molar-refractivity contribution >= 4 is 16.4 Å². The molecule has 0 saturated carbocycles. The summed E-state index contributed by atoms with van der Waals surface area (Å²) in [5.41, 5.74) is 0. The first-order valence-electron chi connectivity index (χ1n) is 27.7. The highest BCUT2D eigenvalue weighted by atomic mass is 32.3. The second-order valence-electron chi connectivity index (χ2n) is 19.2. The van der Waals surface area contributed by atoms with Gasteiger partial charge in [-0.05, 0) is 51.4 Å². The van der Waals surface area contributed by atoms with E-state index >= 15 is 0 Å². The second kappa shape index (κ2) is 46.4. The highest BCUT2D eigenvalue weighted by Crippen LogP contribution is 2.26. The lowest BCUT2D eigenvalue weighted by Crippen LogP contribution is -2.60. The molecule has 6 atom stereocenters. The number of carbonyl (C=O) groups excluding carboxylic acids is 1. The third kappa shape index (κ3) is 39.0. The molecular formula is C55H102O12S. The Morgan fingerprint density at radius 3 is 1.41 bits per heavy atom. The fourth-order valence-corrected chi connectivity index (χ4v) is 9.07. The molecule has 0 aromatic heterocycles. The van der Waals surface area contributed by atoms with Crippen molar-refractivity contribution in [3.63, 3.8) is 0 Å². The number of unbranched alkanes of at least 4 members (excludes halogenated alkanes) is 30. The maximum atomic E-state index is 12.9. The average Bonchev–Trinajstić information content (AvgIpc) is 3.31. The van der Waals surface area contributed by atoms with Crippen LogP contribution in [-0.4, -0.2) is 97.5 Å². The van der Waals surface area contributed by atoms with Gasteiger partial charge in [-0.15, -0.1) is 0 Å². The number of hydrogen-bond donors (Lipinski definition) is 4. The van der Waals surface area contributed by atoms with Crippen molar-refractivity contribution in [2.75, 3.05) is 26.4 Å². The lowest BCUT2D eigenvalue weighted by atomic mass is 9.99. The quantitative estimate of drug-likeness (QED) is 0.0197. The first-order chi connectivity index (χ1) is 33.1. The molecule has 6 unspecified atom stereocenters. The lowest BCUT2D eigenvalue weighted by Gasteiger charge is -2.41. The van der Waals surface area contributed by atoms with Crippen molar-refractivity contribution in [3.8, 4) is 0 Å². The minimum absolute atomic E-state index is 0.0352. The molecule has 68 heavy (non-hydrogen) atoms. The smallest absolute Gasteiger partial charge is 0.397 e. The van der Waals surface area contributed by atoms with Crippen molar-refractivity contribution < 1.29 is 56.2 Å². The van der Waals surface area contributed by atoms with Crippen LogP contribution < -0.4 is 0 Å². The molecule has 0 radical (unpaired) electrons. The van der Waals surface area contributed by atoms with E-state index < -0.39 is 59.8 Å². The van der Waals surface area contributed by atoms with E-state index in [-0.39, 0.29) is 19.6 Å². The molecule has 1 saturated heterocycles. The summed E-state index contributed by atoms with van der Waals surface area (Å²) in [5.74, 6) is -0.397. The van der Waals surface area contributed by atoms with Crippen LogP contribution in [0.1, 0.15) is 245 Å². The number of aliphatic hydroxyl groups is 3. The van der Waals surface area contributed by atoms with Gasteiger partial charge in [-0.2, -0.15) is 8.42 Å². The van der Waals surface area contributed by atoms with Crippen molar-refractivity contribution in [1.82, 2.24) is 0 Å². The van der Waals surface area contributed by atoms with Crippen LogP contribution in [-0.2, 0) is 38.3 Å². The SMILES string of the molecule is CCCCCCC/C=C\C/C=C\C/C=C\CCCCCCCCCCCOCC(COC1OC(CO)C(O)C(OS(=O)(=O)O)C1O)OC(=O)CCCCCCCCCCCCCCCCCCC. The molecular weight excluding hydrogens is 885 g/mol. The van der Waals surface area contributed by atoms with E-state index in [4.69, 9.17) is 18.9 Å². The molecule has 1 heterocycles. The number of carbonyl (C=O) groups is 1. The van der Waals surface area contributed by atoms with Gasteiger partial charge < -0.3 is 34.3 Å². The number of hydrogen-bond acceptors (Lipinski definition) is 11. The number of aliphatic hydroxyl groups excluding tert-OH is 3. The van der Waals surface area contributed by atoms with Crippen LogP contribution in [0, 0.1) is 0 Å². The highest BCUT2D eigenvalue weighted by molar-refractivity contribution is 7.80. The summed E-state index contributed by atoms with van der Waals surface area (Å²) in [4.78, 5) is 12.9. The third-order valence-corrected chi connectivity index (χ3v) is 13.2. The summed E-state index contributed by atoms with van der Waals surface area (Å²) in [6.45, 7) is 4.01. The molecule has 1 rings (SSSR count). The van der Waals surface area contributed by atoms with E-state index in [1.165, 1.54) is 161 Å². The van der Waals surface area contributed by atoms with Gasteiger partial charge in [0.05, 0.1) is 19.8 Å². The lowest BCUT2D eigenvalue weighted by molar-refractivity contribution is -0.301. The molecule has 4 N–H and O–H groups in total. The normalized spacial score (nSPS) is 19.5. The van der Waals surface area contributed by atoms with Crippen LogP contribution in [0.4, 0.5) is 0 Å². The molecule has 0 aliphatic carbocycles. The fourth-order valence-electron chi connectivity index (χ4n) is 8.56. The van der Waals surface area contributed by atoms with Gasteiger partial charge in [-0.3, -0.25) is 9.35 Å². The molecule has 0 aromatic carbocycles. The van der Waals surface area contributed by atoms with Gasteiger partial charge in [0.2, 0.25) is 0 Å². The largest absolute Gasteiger partial charge is 0.457 e. The van der Waals surface area contributed by atoms with Crippen LogP contribution in [0.2, 0.25) is 0 Å². The molecule has 0 amide bonds. The van der Waals surface area contributed by atoms with E-state index in [0.29, 0.717) is 13.0 Å². The molecule has 1 aliphatic rings.